The fourth-order valence-corrected chi connectivity index (χ4v) is 0.927. The summed E-state index contributed by atoms with van der Waals surface area (Å²) in [6.45, 7) is 1.47. The molecule has 0 aromatic rings. The molecule has 0 unspecified atom stereocenters. The van der Waals surface area contributed by atoms with Gasteiger partial charge in [0.05, 0.1) is 6.61 Å². The first kappa shape index (κ1) is 13.1. The van der Waals surface area contributed by atoms with Crippen molar-refractivity contribution >= 4 is 24.8 Å². The van der Waals surface area contributed by atoms with Gasteiger partial charge in [-0.1, -0.05) is 0 Å². The fraction of sp³-hybridized carbons (Fsp3) is 1.00. The first-order chi connectivity index (χ1) is 3.88. The predicted octanol–water partition coefficient (Wildman–Crippen LogP) is 0.315. The monoisotopic (exact) mass is 188 g/mol. The van der Waals surface area contributed by atoms with Crippen LogP contribution in [-0.4, -0.2) is 13.2 Å². The highest BCUT2D eigenvalue weighted by atomic mass is 35.5. The second-order valence-electron chi connectivity index (χ2n) is 2.32. The van der Waals surface area contributed by atoms with Crippen molar-refractivity contribution in [2.24, 2.45) is 23.5 Å². The Hall–Kier alpha value is 0.460. The van der Waals surface area contributed by atoms with Crippen LogP contribution in [0.25, 0.3) is 0 Å². The van der Waals surface area contributed by atoms with Crippen LogP contribution in [0.2, 0.25) is 0 Å². The molecular formula is C5H14Cl2N2O. The number of rotatable bonds is 3. The average Bonchev–Trinajstić information content (AvgIpc) is 2.48. The molecular weight excluding hydrogens is 175 g/mol. The van der Waals surface area contributed by atoms with Crippen molar-refractivity contribution < 1.29 is 4.84 Å². The van der Waals surface area contributed by atoms with E-state index in [0.717, 1.165) is 6.54 Å². The summed E-state index contributed by atoms with van der Waals surface area (Å²) in [5, 5.41) is 0. The van der Waals surface area contributed by atoms with Crippen molar-refractivity contribution in [1.82, 2.24) is 0 Å². The molecule has 3 nitrogen and oxygen atoms in total. The van der Waals surface area contributed by atoms with Gasteiger partial charge < -0.3 is 10.6 Å². The van der Waals surface area contributed by atoms with E-state index < -0.39 is 0 Å². The molecule has 1 aliphatic carbocycles. The van der Waals surface area contributed by atoms with Gasteiger partial charge in [0.15, 0.2) is 0 Å². The Balaban J connectivity index is 0. The molecule has 1 rings (SSSR count). The zero-order chi connectivity index (χ0) is 5.98. The third-order valence-corrected chi connectivity index (χ3v) is 1.68. The second kappa shape index (κ2) is 6.19. The van der Waals surface area contributed by atoms with Gasteiger partial charge in [0.2, 0.25) is 0 Å². The summed E-state index contributed by atoms with van der Waals surface area (Å²) < 4.78 is 0. The highest BCUT2D eigenvalue weighted by molar-refractivity contribution is 5.85. The zero-order valence-corrected chi connectivity index (χ0v) is 7.29. The lowest BCUT2D eigenvalue weighted by atomic mass is 10.3. The van der Waals surface area contributed by atoms with Crippen LogP contribution in [0.15, 0.2) is 0 Å². The molecule has 0 radical (unpaired) electrons. The average molecular weight is 189 g/mol. The highest BCUT2D eigenvalue weighted by Crippen LogP contribution is 2.36. The first-order valence-corrected chi connectivity index (χ1v) is 2.90. The molecule has 0 heterocycles. The van der Waals surface area contributed by atoms with Gasteiger partial charge in [-0.25, -0.2) is 5.90 Å². The van der Waals surface area contributed by atoms with E-state index >= 15 is 0 Å². The van der Waals surface area contributed by atoms with Crippen LogP contribution in [0.1, 0.15) is 6.42 Å². The van der Waals surface area contributed by atoms with Gasteiger partial charge in [0, 0.05) is 0 Å². The topological polar surface area (TPSA) is 61.3 Å². The van der Waals surface area contributed by atoms with E-state index in [-0.39, 0.29) is 24.8 Å². The van der Waals surface area contributed by atoms with Crippen molar-refractivity contribution in [2.75, 3.05) is 13.2 Å². The molecule has 5 heteroatoms. The van der Waals surface area contributed by atoms with Crippen LogP contribution in [0.4, 0.5) is 0 Å². The molecule has 2 atom stereocenters. The lowest BCUT2D eigenvalue weighted by Crippen LogP contribution is -2.08. The Labute approximate surface area is 73.2 Å². The Morgan fingerprint density at radius 1 is 1.30 bits per heavy atom. The largest absolute Gasteiger partial charge is 0.330 e. The molecule has 0 spiro atoms. The number of hydrogen-bond donors (Lipinski definition) is 2. The number of nitrogens with two attached hydrogens (primary N) is 2. The fourth-order valence-electron chi connectivity index (χ4n) is 0.927. The van der Waals surface area contributed by atoms with E-state index in [0.29, 0.717) is 18.4 Å². The second-order valence-corrected chi connectivity index (χ2v) is 2.32. The molecule has 1 saturated carbocycles. The Bertz CT molecular complexity index is 84.0. The normalized spacial score (nSPS) is 28.2. The summed E-state index contributed by atoms with van der Waals surface area (Å²) >= 11 is 0. The molecule has 0 saturated heterocycles. The molecule has 1 aliphatic rings. The molecule has 0 amide bonds. The van der Waals surface area contributed by atoms with Gasteiger partial charge in [-0.05, 0) is 24.8 Å². The van der Waals surface area contributed by atoms with Crippen LogP contribution in [-0.2, 0) is 4.84 Å². The highest BCUT2D eigenvalue weighted by Gasteiger charge is 2.35. The number of halogens is 2. The number of hydrogen-bond acceptors (Lipinski definition) is 3. The summed E-state index contributed by atoms with van der Waals surface area (Å²) in [4.78, 5) is 4.44. The standard InChI is InChI=1S/C5H12N2O.2ClH/c6-2-4-1-5(4)3-8-7;;/h4-5H,1-3,6-7H2;2*1H/t4-,5-;;/m0../s1. The van der Waals surface area contributed by atoms with E-state index in [4.69, 9.17) is 11.6 Å². The lowest BCUT2D eigenvalue weighted by Gasteiger charge is -1.91. The third kappa shape index (κ3) is 3.58. The molecule has 1 fully saturated rings. The third-order valence-electron chi connectivity index (χ3n) is 1.68. The molecule has 0 aliphatic heterocycles. The Morgan fingerprint density at radius 3 is 2.20 bits per heavy atom. The summed E-state index contributed by atoms with van der Waals surface area (Å²) in [6, 6.07) is 0. The van der Waals surface area contributed by atoms with Gasteiger partial charge in [-0.2, -0.15) is 0 Å². The van der Waals surface area contributed by atoms with Gasteiger partial charge in [-0.3, -0.25) is 0 Å². The minimum absolute atomic E-state index is 0. The Kier molecular flexibility index (Phi) is 8.09. The molecule has 0 bridgehead atoms. The molecule has 4 N–H and O–H groups in total. The minimum Gasteiger partial charge on any atom is -0.330 e. The predicted molar refractivity (Wildman–Crippen MR) is 45.3 cm³/mol. The van der Waals surface area contributed by atoms with E-state index in [1.165, 1.54) is 6.42 Å². The van der Waals surface area contributed by atoms with E-state index in [1.54, 1.807) is 0 Å². The van der Waals surface area contributed by atoms with Gasteiger partial charge in [-0.15, -0.1) is 24.8 Å². The van der Waals surface area contributed by atoms with Crippen LogP contribution < -0.4 is 11.6 Å². The van der Waals surface area contributed by atoms with Crippen molar-refractivity contribution in [3.63, 3.8) is 0 Å². The first-order valence-electron chi connectivity index (χ1n) is 2.90. The van der Waals surface area contributed by atoms with Crippen molar-refractivity contribution in [1.29, 1.82) is 0 Å². The van der Waals surface area contributed by atoms with Crippen molar-refractivity contribution in [3.8, 4) is 0 Å². The van der Waals surface area contributed by atoms with Gasteiger partial charge in [0.25, 0.3) is 0 Å². The maximum Gasteiger partial charge on any atom is 0.0710 e. The lowest BCUT2D eigenvalue weighted by molar-refractivity contribution is 0.124. The smallest absolute Gasteiger partial charge is 0.0710 e. The van der Waals surface area contributed by atoms with E-state index in [2.05, 4.69) is 4.84 Å². The molecule has 0 aromatic carbocycles. The van der Waals surface area contributed by atoms with E-state index in [1.807, 2.05) is 0 Å². The minimum atomic E-state index is 0. The Morgan fingerprint density at radius 2 is 1.90 bits per heavy atom. The quantitative estimate of drug-likeness (QED) is 0.628. The van der Waals surface area contributed by atoms with Crippen LogP contribution in [0.3, 0.4) is 0 Å². The van der Waals surface area contributed by atoms with Crippen LogP contribution >= 0.6 is 24.8 Å². The zero-order valence-electron chi connectivity index (χ0n) is 5.66. The van der Waals surface area contributed by atoms with E-state index in [9.17, 15) is 0 Å². The molecule has 64 valence electrons. The summed E-state index contributed by atoms with van der Waals surface area (Å²) in [5.41, 5.74) is 5.36. The van der Waals surface area contributed by atoms with Crippen LogP contribution in [0.5, 0.6) is 0 Å². The van der Waals surface area contributed by atoms with Crippen molar-refractivity contribution in [2.45, 2.75) is 6.42 Å². The maximum atomic E-state index is 5.36. The molecule has 0 aromatic heterocycles. The van der Waals surface area contributed by atoms with Gasteiger partial charge in [0.1, 0.15) is 0 Å². The SMILES string of the molecule is Cl.Cl.NC[C@@H]1C[C@H]1CON. The molecule has 10 heavy (non-hydrogen) atoms. The van der Waals surface area contributed by atoms with Crippen molar-refractivity contribution in [3.05, 3.63) is 0 Å². The van der Waals surface area contributed by atoms with Gasteiger partial charge >= 0.3 is 0 Å². The maximum absolute atomic E-state index is 5.36. The summed E-state index contributed by atoms with van der Waals surface area (Å²) in [5.74, 6) is 6.20. The van der Waals surface area contributed by atoms with Crippen LogP contribution in [0, 0.1) is 11.8 Å². The summed E-state index contributed by atoms with van der Waals surface area (Å²) in [6.07, 6.45) is 1.20. The summed E-state index contributed by atoms with van der Waals surface area (Å²) in [7, 11) is 0.